The summed E-state index contributed by atoms with van der Waals surface area (Å²) < 4.78 is 1.11. The van der Waals surface area contributed by atoms with Crippen LogP contribution in [0.4, 0.5) is 5.13 Å². The topological polar surface area (TPSA) is 57.5 Å². The molecule has 5 heteroatoms. The van der Waals surface area contributed by atoms with E-state index < -0.39 is 0 Å². The van der Waals surface area contributed by atoms with Crippen molar-refractivity contribution in [3.8, 4) is 5.75 Å². The van der Waals surface area contributed by atoms with Crippen molar-refractivity contribution in [2.24, 2.45) is 5.10 Å². The van der Waals surface area contributed by atoms with Gasteiger partial charge < -0.3 is 5.11 Å². The number of hydrogen-bond acceptors (Lipinski definition) is 5. The Balaban J connectivity index is 1.78. The molecule has 20 heavy (non-hydrogen) atoms. The van der Waals surface area contributed by atoms with Crippen LogP contribution in [0.5, 0.6) is 5.75 Å². The van der Waals surface area contributed by atoms with Gasteiger partial charge in [0.1, 0.15) is 5.75 Å². The zero-order valence-electron chi connectivity index (χ0n) is 10.9. The zero-order chi connectivity index (χ0) is 13.9. The number of nitrogens with one attached hydrogen (secondary N) is 1. The number of benzene rings is 2. The molecule has 2 aromatic carbocycles. The van der Waals surface area contributed by atoms with Gasteiger partial charge in [0, 0.05) is 5.56 Å². The van der Waals surface area contributed by atoms with Crippen LogP contribution in [-0.4, -0.2) is 16.3 Å². The van der Waals surface area contributed by atoms with Gasteiger partial charge in [-0.05, 0) is 31.2 Å². The highest BCUT2D eigenvalue weighted by atomic mass is 32.1. The van der Waals surface area contributed by atoms with Crippen LogP contribution in [-0.2, 0) is 0 Å². The molecule has 1 aromatic heterocycles. The summed E-state index contributed by atoms with van der Waals surface area (Å²) in [5, 5.41) is 14.6. The van der Waals surface area contributed by atoms with Crippen LogP contribution in [0.2, 0.25) is 0 Å². The molecule has 0 spiro atoms. The number of aromatic hydroxyl groups is 1. The first-order valence-electron chi connectivity index (χ1n) is 6.16. The molecule has 3 rings (SSSR count). The van der Waals surface area contributed by atoms with Crippen LogP contribution in [0.3, 0.4) is 0 Å². The third kappa shape index (κ3) is 2.62. The number of anilines is 1. The van der Waals surface area contributed by atoms with Gasteiger partial charge in [-0.3, -0.25) is 5.43 Å². The summed E-state index contributed by atoms with van der Waals surface area (Å²) in [7, 11) is 0. The smallest absolute Gasteiger partial charge is 0.204 e. The van der Waals surface area contributed by atoms with Crippen molar-refractivity contribution in [1.29, 1.82) is 0 Å². The van der Waals surface area contributed by atoms with Gasteiger partial charge in [-0.2, -0.15) is 5.10 Å². The summed E-state index contributed by atoms with van der Waals surface area (Å²) in [4.78, 5) is 4.42. The average molecular weight is 283 g/mol. The van der Waals surface area contributed by atoms with E-state index in [9.17, 15) is 5.11 Å². The second kappa shape index (κ2) is 5.30. The Bertz CT molecular complexity index is 747. The van der Waals surface area contributed by atoms with E-state index in [2.05, 4.69) is 15.5 Å². The number of nitrogens with zero attached hydrogens (tertiary/aromatic N) is 2. The minimum absolute atomic E-state index is 0.213. The van der Waals surface area contributed by atoms with Gasteiger partial charge in [0.2, 0.25) is 5.13 Å². The lowest BCUT2D eigenvalue weighted by molar-refractivity contribution is 0.474. The molecular formula is C15H13N3OS. The lowest BCUT2D eigenvalue weighted by Gasteiger charge is -1.99. The number of para-hydroxylation sites is 1. The highest BCUT2D eigenvalue weighted by Crippen LogP contribution is 2.25. The molecule has 0 aliphatic carbocycles. The van der Waals surface area contributed by atoms with Crippen LogP contribution in [0, 0.1) is 6.92 Å². The molecule has 0 radical (unpaired) electrons. The predicted molar refractivity (Wildman–Crippen MR) is 83.7 cm³/mol. The third-order valence-corrected chi connectivity index (χ3v) is 3.78. The molecule has 0 bridgehead atoms. The maximum absolute atomic E-state index is 9.71. The van der Waals surface area contributed by atoms with Gasteiger partial charge >= 0.3 is 0 Å². The lowest BCUT2D eigenvalue weighted by atomic mass is 10.1. The van der Waals surface area contributed by atoms with E-state index in [1.54, 1.807) is 23.6 Å². The lowest BCUT2D eigenvalue weighted by Crippen LogP contribution is -1.90. The SMILES string of the molecule is Cc1ccc(O)c(/C=N/Nc2nc3ccccc3s2)c1. The summed E-state index contributed by atoms with van der Waals surface area (Å²) in [6.45, 7) is 1.97. The summed E-state index contributed by atoms with van der Waals surface area (Å²) in [5.41, 5.74) is 5.60. The minimum Gasteiger partial charge on any atom is -0.507 e. The summed E-state index contributed by atoms with van der Waals surface area (Å²) in [6.07, 6.45) is 1.59. The first-order valence-corrected chi connectivity index (χ1v) is 6.98. The van der Waals surface area contributed by atoms with Gasteiger partial charge in [-0.15, -0.1) is 0 Å². The van der Waals surface area contributed by atoms with Gasteiger partial charge in [0.25, 0.3) is 0 Å². The Labute approximate surface area is 120 Å². The van der Waals surface area contributed by atoms with Crippen molar-refractivity contribution in [1.82, 2.24) is 4.98 Å². The average Bonchev–Trinajstić information content (AvgIpc) is 2.85. The largest absolute Gasteiger partial charge is 0.507 e. The Morgan fingerprint density at radius 2 is 2.10 bits per heavy atom. The first-order chi connectivity index (χ1) is 9.72. The first kappa shape index (κ1) is 12.6. The molecule has 0 saturated carbocycles. The molecule has 0 aliphatic rings. The summed E-state index contributed by atoms with van der Waals surface area (Å²) in [5.74, 6) is 0.213. The highest BCUT2D eigenvalue weighted by molar-refractivity contribution is 7.22. The van der Waals surface area contributed by atoms with Crippen molar-refractivity contribution < 1.29 is 5.11 Å². The molecule has 3 aromatic rings. The quantitative estimate of drug-likeness (QED) is 0.568. The fourth-order valence-corrected chi connectivity index (χ4v) is 2.67. The van der Waals surface area contributed by atoms with E-state index in [0.29, 0.717) is 5.56 Å². The fraction of sp³-hybridized carbons (Fsp3) is 0.0667. The van der Waals surface area contributed by atoms with Crippen molar-refractivity contribution >= 4 is 32.9 Å². The molecule has 100 valence electrons. The molecule has 0 saturated heterocycles. The number of aromatic nitrogens is 1. The van der Waals surface area contributed by atoms with Crippen molar-refractivity contribution in [3.05, 3.63) is 53.6 Å². The number of fused-ring (bicyclic) bond motifs is 1. The number of phenols is 1. The molecule has 0 fully saturated rings. The van der Waals surface area contributed by atoms with Crippen LogP contribution >= 0.6 is 11.3 Å². The molecular weight excluding hydrogens is 270 g/mol. The molecule has 4 nitrogen and oxygen atoms in total. The predicted octanol–water partition coefficient (Wildman–Crippen LogP) is 3.76. The number of aryl methyl sites for hydroxylation is 1. The van der Waals surface area contributed by atoms with Crippen molar-refractivity contribution in [2.75, 3.05) is 5.43 Å². The highest BCUT2D eigenvalue weighted by Gasteiger charge is 2.01. The molecule has 2 N–H and O–H groups in total. The van der Waals surface area contributed by atoms with Crippen molar-refractivity contribution in [2.45, 2.75) is 6.92 Å². The number of phenolic OH excluding ortho intramolecular Hbond substituents is 1. The maximum atomic E-state index is 9.71. The number of rotatable bonds is 3. The number of thiazole rings is 1. The van der Waals surface area contributed by atoms with E-state index in [0.717, 1.165) is 20.9 Å². The Morgan fingerprint density at radius 1 is 1.25 bits per heavy atom. The van der Waals surface area contributed by atoms with Gasteiger partial charge in [0.15, 0.2) is 0 Å². The molecule has 0 amide bonds. The molecule has 0 atom stereocenters. The molecule has 1 heterocycles. The van der Waals surface area contributed by atoms with Gasteiger partial charge in [-0.25, -0.2) is 4.98 Å². The number of hydrazone groups is 1. The van der Waals surface area contributed by atoms with Crippen LogP contribution < -0.4 is 5.43 Å². The minimum atomic E-state index is 0.213. The second-order valence-electron chi connectivity index (χ2n) is 4.42. The summed E-state index contributed by atoms with van der Waals surface area (Å²) >= 11 is 1.54. The molecule has 0 unspecified atom stereocenters. The maximum Gasteiger partial charge on any atom is 0.204 e. The van der Waals surface area contributed by atoms with Crippen LogP contribution in [0.15, 0.2) is 47.6 Å². The van der Waals surface area contributed by atoms with Crippen LogP contribution in [0.25, 0.3) is 10.2 Å². The van der Waals surface area contributed by atoms with E-state index in [4.69, 9.17) is 0 Å². The standard InChI is InChI=1S/C15H13N3OS/c1-10-6-7-13(19)11(8-10)9-16-18-15-17-12-4-2-3-5-14(12)20-15/h2-9,19H,1H3,(H,17,18)/b16-9+. The van der Waals surface area contributed by atoms with Gasteiger partial charge in [0.05, 0.1) is 16.4 Å². The Hall–Kier alpha value is -2.40. The van der Waals surface area contributed by atoms with Crippen molar-refractivity contribution in [3.63, 3.8) is 0 Å². The van der Waals surface area contributed by atoms with E-state index in [1.807, 2.05) is 43.3 Å². The number of hydrogen-bond donors (Lipinski definition) is 2. The zero-order valence-corrected chi connectivity index (χ0v) is 11.7. The normalized spacial score (nSPS) is 11.2. The summed E-state index contributed by atoms with van der Waals surface area (Å²) in [6, 6.07) is 13.3. The third-order valence-electron chi connectivity index (χ3n) is 2.84. The van der Waals surface area contributed by atoms with Crippen LogP contribution in [0.1, 0.15) is 11.1 Å². The monoisotopic (exact) mass is 283 g/mol. The van der Waals surface area contributed by atoms with E-state index in [-0.39, 0.29) is 5.75 Å². The van der Waals surface area contributed by atoms with E-state index in [1.165, 1.54) is 0 Å². The molecule has 0 aliphatic heterocycles. The second-order valence-corrected chi connectivity index (χ2v) is 5.45. The Morgan fingerprint density at radius 3 is 2.95 bits per heavy atom. The van der Waals surface area contributed by atoms with E-state index >= 15 is 0 Å². The fourth-order valence-electron chi connectivity index (χ4n) is 1.85. The van der Waals surface area contributed by atoms with Gasteiger partial charge in [-0.1, -0.05) is 35.1 Å². The Kier molecular flexibility index (Phi) is 3.35.